The van der Waals surface area contributed by atoms with Gasteiger partial charge in [0.1, 0.15) is 5.76 Å². The second kappa shape index (κ2) is 7.66. The molecule has 28 heavy (non-hydrogen) atoms. The van der Waals surface area contributed by atoms with Crippen molar-refractivity contribution in [1.29, 1.82) is 0 Å². The van der Waals surface area contributed by atoms with Gasteiger partial charge < -0.3 is 5.11 Å². The average Bonchev–Trinajstić information content (AvgIpc) is 2.67. The van der Waals surface area contributed by atoms with E-state index in [1.807, 2.05) is 24.3 Å². The van der Waals surface area contributed by atoms with Gasteiger partial charge in [-0.1, -0.05) is 42.5 Å². The monoisotopic (exact) mass is 395 g/mol. The second-order valence-electron chi connectivity index (χ2n) is 6.15. The summed E-state index contributed by atoms with van der Waals surface area (Å²) < 4.78 is 27.9. The maximum absolute atomic E-state index is 12.7. The van der Waals surface area contributed by atoms with Gasteiger partial charge in [-0.25, -0.2) is 8.42 Å². The first-order valence-electron chi connectivity index (χ1n) is 8.34. The highest BCUT2D eigenvalue weighted by Crippen LogP contribution is 2.23. The van der Waals surface area contributed by atoms with Crippen LogP contribution in [-0.4, -0.2) is 25.1 Å². The number of aliphatic hydroxyl groups excluding tert-OH is 1. The molecule has 6 nitrogen and oxygen atoms in total. The van der Waals surface area contributed by atoms with Crippen LogP contribution in [0.2, 0.25) is 0 Å². The van der Waals surface area contributed by atoms with Crippen molar-refractivity contribution >= 4 is 43.8 Å². The van der Waals surface area contributed by atoms with Gasteiger partial charge in [-0.15, -0.1) is 0 Å². The highest BCUT2D eigenvalue weighted by Gasteiger charge is 2.15. The average molecular weight is 395 g/mol. The lowest BCUT2D eigenvalue weighted by molar-refractivity contribution is -0.132. The molecule has 0 aliphatic carbocycles. The molecular weight excluding hydrogens is 378 g/mol. The van der Waals surface area contributed by atoms with E-state index in [0.29, 0.717) is 0 Å². The molecule has 0 radical (unpaired) electrons. The summed E-state index contributed by atoms with van der Waals surface area (Å²) >= 11 is 0. The standard InChI is InChI=1S/C21H17NO5S/c1-14(23)20(24)13-21(25)17-7-4-8-18(11-17)22-28(26,27)19-10-9-15-5-2-3-6-16(15)12-19/h2-13,22,25H,1H3. The van der Waals surface area contributed by atoms with Gasteiger partial charge in [-0.05, 0) is 35.0 Å². The number of aliphatic hydroxyl groups is 1. The van der Waals surface area contributed by atoms with E-state index in [1.54, 1.807) is 12.1 Å². The quantitative estimate of drug-likeness (QED) is 0.377. The van der Waals surface area contributed by atoms with Crippen LogP contribution in [0.1, 0.15) is 12.5 Å². The van der Waals surface area contributed by atoms with Crippen molar-refractivity contribution in [3.8, 4) is 0 Å². The SMILES string of the molecule is CC(=O)C(=O)C=C(O)c1cccc(NS(=O)(=O)c2ccc3ccccc3c2)c1. The van der Waals surface area contributed by atoms with Crippen LogP contribution in [0.25, 0.3) is 16.5 Å². The molecule has 0 aliphatic heterocycles. The van der Waals surface area contributed by atoms with Crippen molar-refractivity contribution in [1.82, 2.24) is 0 Å². The van der Waals surface area contributed by atoms with Crippen LogP contribution in [0.3, 0.4) is 0 Å². The van der Waals surface area contributed by atoms with Crippen LogP contribution in [-0.2, 0) is 19.6 Å². The summed E-state index contributed by atoms with van der Waals surface area (Å²) in [5.41, 5.74) is 0.411. The van der Waals surface area contributed by atoms with E-state index >= 15 is 0 Å². The molecule has 0 aliphatic rings. The minimum atomic E-state index is -3.86. The van der Waals surface area contributed by atoms with Crippen molar-refractivity contribution in [2.75, 3.05) is 4.72 Å². The number of anilines is 1. The van der Waals surface area contributed by atoms with Crippen molar-refractivity contribution in [3.63, 3.8) is 0 Å². The third-order valence-electron chi connectivity index (χ3n) is 4.06. The molecule has 0 heterocycles. The van der Waals surface area contributed by atoms with Gasteiger partial charge in [0.25, 0.3) is 10.0 Å². The van der Waals surface area contributed by atoms with Crippen molar-refractivity contribution in [3.05, 3.63) is 78.4 Å². The van der Waals surface area contributed by atoms with E-state index in [2.05, 4.69) is 4.72 Å². The molecule has 3 aromatic rings. The predicted octanol–water partition coefficient (Wildman–Crippen LogP) is 3.70. The molecule has 0 saturated carbocycles. The first kappa shape index (κ1) is 19.3. The number of fused-ring (bicyclic) bond motifs is 1. The fraction of sp³-hybridized carbons (Fsp3) is 0.0476. The molecule has 0 saturated heterocycles. The summed E-state index contributed by atoms with van der Waals surface area (Å²) in [5, 5.41) is 11.7. The number of benzene rings is 3. The number of hydrogen-bond donors (Lipinski definition) is 2. The minimum Gasteiger partial charge on any atom is -0.507 e. The lowest BCUT2D eigenvalue weighted by Crippen LogP contribution is -2.13. The number of hydrogen-bond acceptors (Lipinski definition) is 5. The molecule has 3 aromatic carbocycles. The van der Waals surface area contributed by atoms with Gasteiger partial charge in [0.2, 0.25) is 5.78 Å². The fourth-order valence-corrected chi connectivity index (χ4v) is 3.68. The van der Waals surface area contributed by atoms with Crippen LogP contribution >= 0.6 is 0 Å². The summed E-state index contributed by atoms with van der Waals surface area (Å²) in [6.45, 7) is 1.10. The molecule has 0 atom stereocenters. The topological polar surface area (TPSA) is 101 Å². The summed E-state index contributed by atoms with van der Waals surface area (Å²) in [4.78, 5) is 22.6. The third-order valence-corrected chi connectivity index (χ3v) is 5.44. The molecule has 0 unspecified atom stereocenters. The summed E-state index contributed by atoms with van der Waals surface area (Å²) in [6.07, 6.45) is 0.805. The third kappa shape index (κ3) is 4.27. The molecule has 0 spiro atoms. The summed E-state index contributed by atoms with van der Waals surface area (Å²) in [6, 6.07) is 18.1. The van der Waals surface area contributed by atoms with E-state index in [4.69, 9.17) is 0 Å². The number of ketones is 2. The zero-order chi connectivity index (χ0) is 20.3. The number of allylic oxidation sites excluding steroid dienone is 1. The van der Waals surface area contributed by atoms with Crippen LogP contribution in [0.15, 0.2) is 77.7 Å². The molecule has 2 N–H and O–H groups in total. The van der Waals surface area contributed by atoms with Gasteiger partial charge in [-0.2, -0.15) is 0 Å². The minimum absolute atomic E-state index is 0.100. The van der Waals surface area contributed by atoms with Gasteiger partial charge in [0, 0.05) is 24.3 Å². The molecule has 3 rings (SSSR count). The second-order valence-corrected chi connectivity index (χ2v) is 7.83. The van der Waals surface area contributed by atoms with Crippen LogP contribution in [0, 0.1) is 0 Å². The fourth-order valence-electron chi connectivity index (χ4n) is 2.60. The van der Waals surface area contributed by atoms with Gasteiger partial charge in [0.05, 0.1) is 4.90 Å². The summed E-state index contributed by atoms with van der Waals surface area (Å²) in [7, 11) is -3.86. The Balaban J connectivity index is 1.90. The van der Waals surface area contributed by atoms with Crippen molar-refractivity contribution in [2.24, 2.45) is 0 Å². The Labute approximate surface area is 162 Å². The first-order valence-corrected chi connectivity index (χ1v) is 9.82. The molecular formula is C21H17NO5S. The highest BCUT2D eigenvalue weighted by atomic mass is 32.2. The Bertz CT molecular complexity index is 1210. The number of sulfonamides is 1. The lowest BCUT2D eigenvalue weighted by Gasteiger charge is -2.10. The predicted molar refractivity (Wildman–Crippen MR) is 107 cm³/mol. The number of rotatable bonds is 6. The zero-order valence-electron chi connectivity index (χ0n) is 14.9. The van der Waals surface area contributed by atoms with Crippen LogP contribution in [0.4, 0.5) is 5.69 Å². The van der Waals surface area contributed by atoms with Crippen LogP contribution in [0.5, 0.6) is 0 Å². The van der Waals surface area contributed by atoms with E-state index in [-0.39, 0.29) is 16.1 Å². The Kier molecular flexibility index (Phi) is 5.28. The van der Waals surface area contributed by atoms with E-state index in [1.165, 1.54) is 30.3 Å². The summed E-state index contributed by atoms with van der Waals surface area (Å²) in [5.74, 6) is -1.98. The smallest absolute Gasteiger partial charge is 0.261 e. The van der Waals surface area contributed by atoms with E-state index in [0.717, 1.165) is 23.8 Å². The molecule has 7 heteroatoms. The maximum atomic E-state index is 12.7. The van der Waals surface area contributed by atoms with E-state index in [9.17, 15) is 23.1 Å². The van der Waals surface area contributed by atoms with Gasteiger partial charge in [0.15, 0.2) is 5.78 Å². The van der Waals surface area contributed by atoms with Crippen molar-refractivity contribution < 1.29 is 23.1 Å². The van der Waals surface area contributed by atoms with Gasteiger partial charge in [-0.3, -0.25) is 14.3 Å². The number of nitrogens with one attached hydrogen (secondary N) is 1. The molecule has 0 fully saturated rings. The normalized spacial score (nSPS) is 12.0. The number of carbonyl (C=O) groups is 2. The molecule has 0 aromatic heterocycles. The molecule has 142 valence electrons. The highest BCUT2D eigenvalue weighted by molar-refractivity contribution is 7.92. The molecule has 0 bridgehead atoms. The zero-order valence-corrected chi connectivity index (χ0v) is 15.7. The lowest BCUT2D eigenvalue weighted by atomic mass is 10.1. The number of Topliss-reactive ketones (excluding diaryl/α,β-unsaturated/α-hetero) is 1. The van der Waals surface area contributed by atoms with Gasteiger partial charge >= 0.3 is 0 Å². The largest absolute Gasteiger partial charge is 0.507 e. The Morgan fingerprint density at radius 2 is 1.64 bits per heavy atom. The first-order chi connectivity index (χ1) is 13.3. The van der Waals surface area contributed by atoms with Crippen molar-refractivity contribution in [2.45, 2.75) is 11.8 Å². The maximum Gasteiger partial charge on any atom is 0.261 e. The van der Waals surface area contributed by atoms with Crippen LogP contribution < -0.4 is 4.72 Å². The molecule has 0 amide bonds. The Morgan fingerprint density at radius 3 is 2.36 bits per heavy atom. The number of carbonyl (C=O) groups excluding carboxylic acids is 2. The van der Waals surface area contributed by atoms with E-state index < -0.39 is 27.3 Å². The Morgan fingerprint density at radius 1 is 0.929 bits per heavy atom. The Hall–Kier alpha value is -3.45.